The number of amides is 1. The Morgan fingerprint density at radius 2 is 2.04 bits per heavy atom. The number of rotatable bonds is 6. The molecule has 1 atom stereocenters. The van der Waals surface area contributed by atoms with E-state index in [1.807, 2.05) is 36.1 Å². The van der Waals surface area contributed by atoms with Crippen molar-refractivity contribution in [2.75, 3.05) is 19.6 Å². The molecule has 0 aliphatic carbocycles. The highest BCUT2D eigenvalue weighted by molar-refractivity contribution is 7.10. The summed E-state index contributed by atoms with van der Waals surface area (Å²) in [6, 6.07) is 8.36. The lowest BCUT2D eigenvalue weighted by atomic mass is 10.2. The molecule has 1 aliphatic rings. The van der Waals surface area contributed by atoms with E-state index in [1.165, 1.54) is 17.7 Å². The average molecular weight is 369 g/mol. The molecule has 0 spiro atoms. The van der Waals surface area contributed by atoms with Gasteiger partial charge >= 0.3 is 0 Å². The normalized spacial score (nSPS) is 16.0. The molecular formula is C19H23N5OS. The molecule has 1 fully saturated rings. The van der Waals surface area contributed by atoms with E-state index in [4.69, 9.17) is 0 Å². The van der Waals surface area contributed by atoms with Crippen LogP contribution in [0.4, 0.5) is 0 Å². The number of carbonyl (C=O) groups excluding carboxylic acids is 1. The standard InChI is InChI=1S/C19H23N5OS/c1-22-19(24-10-4-5-11-24)15(13-21-22)18(25)20-14-16(17-7-6-12-26-17)23-8-2-3-9-23/h4-7,10-13,16H,2-3,8-9,14H2,1H3,(H,20,25)/t16-/m1/s1. The first kappa shape index (κ1) is 17.1. The van der Waals surface area contributed by atoms with E-state index in [0.717, 1.165) is 18.9 Å². The molecule has 1 aliphatic heterocycles. The SMILES string of the molecule is Cn1ncc(C(=O)NC[C@H](c2cccs2)N2CCCC2)c1-n1cccc1. The molecule has 0 radical (unpaired) electrons. The highest BCUT2D eigenvalue weighted by atomic mass is 32.1. The second kappa shape index (κ2) is 7.47. The number of nitrogens with one attached hydrogen (secondary N) is 1. The Balaban J connectivity index is 1.51. The van der Waals surface area contributed by atoms with Crippen LogP contribution >= 0.6 is 11.3 Å². The summed E-state index contributed by atoms with van der Waals surface area (Å²) in [5.41, 5.74) is 0.593. The number of likely N-dealkylation sites (tertiary alicyclic amines) is 1. The maximum Gasteiger partial charge on any atom is 0.256 e. The molecule has 7 heteroatoms. The Morgan fingerprint density at radius 3 is 2.73 bits per heavy atom. The van der Waals surface area contributed by atoms with Crippen LogP contribution in [0.25, 0.3) is 5.82 Å². The summed E-state index contributed by atoms with van der Waals surface area (Å²) >= 11 is 1.76. The van der Waals surface area contributed by atoms with Gasteiger partial charge in [0.25, 0.3) is 5.91 Å². The van der Waals surface area contributed by atoms with E-state index in [1.54, 1.807) is 22.2 Å². The van der Waals surface area contributed by atoms with Crippen LogP contribution in [0, 0.1) is 0 Å². The Kier molecular flexibility index (Phi) is 4.90. The van der Waals surface area contributed by atoms with Crippen LogP contribution in [0.5, 0.6) is 0 Å². The topological polar surface area (TPSA) is 55.1 Å². The van der Waals surface area contributed by atoms with Crippen LogP contribution in [0.3, 0.4) is 0 Å². The second-order valence-corrected chi connectivity index (χ2v) is 7.56. The number of hydrogen-bond donors (Lipinski definition) is 1. The predicted octanol–water partition coefficient (Wildman–Crippen LogP) is 2.84. The zero-order chi connectivity index (χ0) is 17.9. The van der Waals surface area contributed by atoms with Crippen LogP contribution in [-0.2, 0) is 7.05 Å². The third-order valence-electron chi connectivity index (χ3n) is 4.91. The largest absolute Gasteiger partial charge is 0.350 e. The van der Waals surface area contributed by atoms with Gasteiger partial charge in [-0.1, -0.05) is 6.07 Å². The first-order chi connectivity index (χ1) is 12.7. The van der Waals surface area contributed by atoms with Crippen molar-refractivity contribution in [1.82, 2.24) is 24.6 Å². The summed E-state index contributed by atoms with van der Waals surface area (Å²) in [5.74, 6) is 0.698. The lowest BCUT2D eigenvalue weighted by molar-refractivity contribution is 0.0938. The third-order valence-corrected chi connectivity index (χ3v) is 5.88. The third kappa shape index (κ3) is 3.32. The minimum absolute atomic E-state index is 0.0810. The summed E-state index contributed by atoms with van der Waals surface area (Å²) in [7, 11) is 1.85. The average Bonchev–Trinajstić information content (AvgIpc) is 3.42. The molecule has 0 unspecified atom stereocenters. The van der Waals surface area contributed by atoms with E-state index < -0.39 is 0 Å². The monoisotopic (exact) mass is 369 g/mol. The number of nitrogens with zero attached hydrogens (tertiary/aromatic N) is 4. The van der Waals surface area contributed by atoms with E-state index in [9.17, 15) is 4.79 Å². The van der Waals surface area contributed by atoms with Crippen molar-refractivity contribution >= 4 is 17.2 Å². The number of aromatic nitrogens is 3. The molecule has 136 valence electrons. The number of thiophene rings is 1. The number of hydrogen-bond acceptors (Lipinski definition) is 4. The Morgan fingerprint density at radius 1 is 1.27 bits per heavy atom. The van der Waals surface area contributed by atoms with Crippen LogP contribution in [-0.4, -0.2) is 44.8 Å². The predicted molar refractivity (Wildman–Crippen MR) is 103 cm³/mol. The lowest BCUT2D eigenvalue weighted by Crippen LogP contribution is -2.36. The molecule has 26 heavy (non-hydrogen) atoms. The van der Waals surface area contributed by atoms with Crippen molar-refractivity contribution in [1.29, 1.82) is 0 Å². The summed E-state index contributed by atoms with van der Waals surface area (Å²) in [6.07, 6.45) is 7.95. The second-order valence-electron chi connectivity index (χ2n) is 6.58. The van der Waals surface area contributed by atoms with Crippen molar-refractivity contribution in [3.63, 3.8) is 0 Å². The fourth-order valence-corrected chi connectivity index (χ4v) is 4.46. The molecule has 4 rings (SSSR count). The van der Waals surface area contributed by atoms with Gasteiger partial charge in [-0.05, 0) is 49.5 Å². The van der Waals surface area contributed by atoms with Crippen LogP contribution in [0.1, 0.15) is 34.1 Å². The van der Waals surface area contributed by atoms with Gasteiger partial charge < -0.3 is 9.88 Å². The summed E-state index contributed by atoms with van der Waals surface area (Å²) in [4.78, 5) is 16.7. The fourth-order valence-electron chi connectivity index (χ4n) is 3.60. The molecule has 0 aromatic carbocycles. The van der Waals surface area contributed by atoms with Crippen molar-refractivity contribution in [3.8, 4) is 5.82 Å². The molecule has 1 saturated heterocycles. The number of carbonyl (C=O) groups is 1. The smallest absolute Gasteiger partial charge is 0.256 e. The van der Waals surface area contributed by atoms with Gasteiger partial charge in [-0.25, -0.2) is 0 Å². The van der Waals surface area contributed by atoms with Gasteiger partial charge in [-0.2, -0.15) is 5.10 Å². The lowest BCUT2D eigenvalue weighted by Gasteiger charge is -2.26. The Labute approximate surface area is 157 Å². The zero-order valence-electron chi connectivity index (χ0n) is 14.8. The quantitative estimate of drug-likeness (QED) is 0.727. The van der Waals surface area contributed by atoms with Crippen molar-refractivity contribution < 1.29 is 4.79 Å². The fraction of sp³-hybridized carbons (Fsp3) is 0.368. The van der Waals surface area contributed by atoms with E-state index in [2.05, 4.69) is 32.8 Å². The molecule has 3 aromatic heterocycles. The first-order valence-corrected chi connectivity index (χ1v) is 9.83. The van der Waals surface area contributed by atoms with Crippen molar-refractivity contribution in [2.24, 2.45) is 7.05 Å². The molecule has 3 aromatic rings. The molecule has 4 heterocycles. The van der Waals surface area contributed by atoms with Crippen molar-refractivity contribution in [2.45, 2.75) is 18.9 Å². The first-order valence-electron chi connectivity index (χ1n) is 8.95. The molecule has 0 bridgehead atoms. The van der Waals surface area contributed by atoms with Gasteiger partial charge in [0.2, 0.25) is 0 Å². The Hall–Kier alpha value is -2.38. The molecule has 1 amide bonds. The Bertz CT molecular complexity index is 847. The zero-order valence-corrected chi connectivity index (χ0v) is 15.7. The highest BCUT2D eigenvalue weighted by Crippen LogP contribution is 2.28. The van der Waals surface area contributed by atoms with Crippen LogP contribution in [0.15, 0.2) is 48.2 Å². The molecule has 6 nitrogen and oxygen atoms in total. The van der Waals surface area contributed by atoms with Gasteiger partial charge in [-0.3, -0.25) is 14.4 Å². The van der Waals surface area contributed by atoms with Gasteiger partial charge in [0, 0.05) is 30.9 Å². The van der Waals surface area contributed by atoms with E-state index in [0.29, 0.717) is 12.1 Å². The van der Waals surface area contributed by atoms with Crippen molar-refractivity contribution in [3.05, 3.63) is 58.7 Å². The van der Waals surface area contributed by atoms with Crippen LogP contribution < -0.4 is 5.32 Å². The van der Waals surface area contributed by atoms with Gasteiger partial charge in [0.15, 0.2) is 0 Å². The minimum Gasteiger partial charge on any atom is -0.350 e. The van der Waals surface area contributed by atoms with Gasteiger partial charge in [-0.15, -0.1) is 11.3 Å². The van der Waals surface area contributed by atoms with E-state index in [-0.39, 0.29) is 11.9 Å². The highest BCUT2D eigenvalue weighted by Gasteiger charge is 2.25. The van der Waals surface area contributed by atoms with Crippen LogP contribution in [0.2, 0.25) is 0 Å². The molecule has 1 N–H and O–H groups in total. The summed E-state index contributed by atoms with van der Waals surface area (Å²) < 4.78 is 3.64. The molecular weight excluding hydrogens is 346 g/mol. The van der Waals surface area contributed by atoms with Gasteiger partial charge in [0.1, 0.15) is 11.4 Å². The van der Waals surface area contributed by atoms with Gasteiger partial charge in [0.05, 0.1) is 12.2 Å². The summed E-state index contributed by atoms with van der Waals surface area (Å²) in [6.45, 7) is 2.80. The molecule has 0 saturated carbocycles. The number of aryl methyl sites for hydroxylation is 1. The maximum atomic E-state index is 12.9. The summed E-state index contributed by atoms with van der Waals surface area (Å²) in [5, 5.41) is 9.52. The minimum atomic E-state index is -0.0810. The maximum absolute atomic E-state index is 12.9. The van der Waals surface area contributed by atoms with E-state index >= 15 is 0 Å².